The van der Waals surface area contributed by atoms with Gasteiger partial charge < -0.3 is 19.4 Å². The SMILES string of the molecule is c1ccc(-c2nc(NCc3ccco3)cc(N3CCOCC3)n2)cc1. The van der Waals surface area contributed by atoms with Crippen LogP contribution in [-0.4, -0.2) is 36.3 Å². The van der Waals surface area contributed by atoms with E-state index in [1.807, 2.05) is 48.5 Å². The lowest BCUT2D eigenvalue weighted by molar-refractivity contribution is 0.122. The van der Waals surface area contributed by atoms with Crippen molar-refractivity contribution >= 4 is 11.6 Å². The van der Waals surface area contributed by atoms with Gasteiger partial charge in [-0.15, -0.1) is 0 Å². The number of morpholine rings is 1. The Morgan fingerprint density at radius 2 is 1.84 bits per heavy atom. The highest BCUT2D eigenvalue weighted by atomic mass is 16.5. The fourth-order valence-electron chi connectivity index (χ4n) is 2.79. The van der Waals surface area contributed by atoms with E-state index in [-0.39, 0.29) is 0 Å². The molecule has 0 radical (unpaired) electrons. The van der Waals surface area contributed by atoms with E-state index in [4.69, 9.17) is 14.1 Å². The maximum atomic E-state index is 5.45. The Balaban J connectivity index is 1.64. The van der Waals surface area contributed by atoms with Gasteiger partial charge in [0.15, 0.2) is 5.82 Å². The minimum atomic E-state index is 0.584. The van der Waals surface area contributed by atoms with E-state index in [1.165, 1.54) is 0 Å². The molecule has 6 heteroatoms. The quantitative estimate of drug-likeness (QED) is 0.772. The first-order valence-corrected chi connectivity index (χ1v) is 8.42. The molecule has 3 aromatic rings. The van der Waals surface area contributed by atoms with Crippen LogP contribution < -0.4 is 10.2 Å². The van der Waals surface area contributed by atoms with Gasteiger partial charge >= 0.3 is 0 Å². The Kier molecular flexibility index (Phi) is 4.61. The summed E-state index contributed by atoms with van der Waals surface area (Å²) in [6.45, 7) is 3.70. The van der Waals surface area contributed by atoms with E-state index in [0.29, 0.717) is 12.4 Å². The third-order valence-electron chi connectivity index (χ3n) is 4.10. The molecule has 1 N–H and O–H groups in total. The smallest absolute Gasteiger partial charge is 0.163 e. The summed E-state index contributed by atoms with van der Waals surface area (Å²) < 4.78 is 10.8. The molecule has 1 fully saturated rings. The molecule has 6 nitrogen and oxygen atoms in total. The zero-order chi connectivity index (χ0) is 16.9. The van der Waals surface area contributed by atoms with Crippen LogP contribution in [0.15, 0.2) is 59.2 Å². The summed E-state index contributed by atoms with van der Waals surface area (Å²) in [5.74, 6) is 3.28. The molecule has 0 amide bonds. The zero-order valence-electron chi connectivity index (χ0n) is 13.9. The standard InChI is InChI=1S/C19H20N4O2/c1-2-5-15(6-3-1)19-21-17(20-14-16-7-4-10-25-16)13-18(22-19)23-8-11-24-12-9-23/h1-7,10,13H,8-9,11-12,14H2,(H,20,21,22). The molecule has 2 aromatic heterocycles. The summed E-state index contributed by atoms with van der Waals surface area (Å²) in [4.78, 5) is 11.7. The Bertz CT molecular complexity index is 800. The van der Waals surface area contributed by atoms with Crippen molar-refractivity contribution in [2.45, 2.75) is 6.54 Å². The van der Waals surface area contributed by atoms with E-state index < -0.39 is 0 Å². The molecule has 0 atom stereocenters. The summed E-state index contributed by atoms with van der Waals surface area (Å²) in [6.07, 6.45) is 1.67. The van der Waals surface area contributed by atoms with Gasteiger partial charge in [-0.05, 0) is 12.1 Å². The van der Waals surface area contributed by atoms with Gasteiger partial charge in [0.05, 0.1) is 26.0 Å². The van der Waals surface area contributed by atoms with Crippen LogP contribution in [0.2, 0.25) is 0 Å². The second-order valence-electron chi connectivity index (χ2n) is 5.83. The fourth-order valence-corrected chi connectivity index (χ4v) is 2.79. The number of anilines is 2. The molecular weight excluding hydrogens is 316 g/mol. The van der Waals surface area contributed by atoms with Gasteiger partial charge in [-0.25, -0.2) is 9.97 Å². The summed E-state index contributed by atoms with van der Waals surface area (Å²) in [6, 6.07) is 15.8. The molecule has 1 aliphatic heterocycles. The first-order chi connectivity index (χ1) is 12.4. The Morgan fingerprint density at radius 3 is 2.60 bits per heavy atom. The molecule has 0 bridgehead atoms. The maximum Gasteiger partial charge on any atom is 0.163 e. The molecule has 0 aliphatic carbocycles. The normalized spacial score (nSPS) is 14.5. The maximum absolute atomic E-state index is 5.45. The van der Waals surface area contributed by atoms with E-state index in [2.05, 4.69) is 15.2 Å². The fraction of sp³-hybridized carbons (Fsp3) is 0.263. The summed E-state index contributed by atoms with van der Waals surface area (Å²) in [5, 5.41) is 3.33. The Morgan fingerprint density at radius 1 is 1.00 bits per heavy atom. The molecule has 1 saturated heterocycles. The van der Waals surface area contributed by atoms with Crippen molar-refractivity contribution in [3.8, 4) is 11.4 Å². The van der Waals surface area contributed by atoms with E-state index in [9.17, 15) is 0 Å². The lowest BCUT2D eigenvalue weighted by atomic mass is 10.2. The summed E-state index contributed by atoms with van der Waals surface area (Å²) >= 11 is 0. The average Bonchev–Trinajstić information content (AvgIpc) is 3.21. The van der Waals surface area contributed by atoms with Crippen LogP contribution in [-0.2, 0) is 11.3 Å². The zero-order valence-corrected chi connectivity index (χ0v) is 13.9. The predicted octanol–water partition coefficient (Wildman–Crippen LogP) is 3.19. The van der Waals surface area contributed by atoms with Crippen LogP contribution in [0.5, 0.6) is 0 Å². The molecule has 0 saturated carbocycles. The van der Waals surface area contributed by atoms with Crippen molar-refractivity contribution in [2.75, 3.05) is 36.5 Å². The highest BCUT2D eigenvalue weighted by molar-refractivity contribution is 5.61. The monoisotopic (exact) mass is 336 g/mol. The van der Waals surface area contributed by atoms with Gasteiger partial charge in [-0.3, -0.25) is 0 Å². The molecule has 25 heavy (non-hydrogen) atoms. The molecule has 3 heterocycles. The van der Waals surface area contributed by atoms with Crippen molar-refractivity contribution in [1.29, 1.82) is 0 Å². The third kappa shape index (κ3) is 3.80. The molecule has 4 rings (SSSR count). The van der Waals surface area contributed by atoms with Crippen molar-refractivity contribution < 1.29 is 9.15 Å². The van der Waals surface area contributed by atoms with Gasteiger partial charge in [0.2, 0.25) is 0 Å². The molecule has 1 aromatic carbocycles. The van der Waals surface area contributed by atoms with E-state index in [1.54, 1.807) is 6.26 Å². The highest BCUT2D eigenvalue weighted by Crippen LogP contribution is 2.23. The van der Waals surface area contributed by atoms with Crippen molar-refractivity contribution in [1.82, 2.24) is 9.97 Å². The lowest BCUT2D eigenvalue weighted by Gasteiger charge is -2.28. The second kappa shape index (κ2) is 7.36. The number of hydrogen-bond donors (Lipinski definition) is 1. The van der Waals surface area contributed by atoms with E-state index in [0.717, 1.165) is 49.3 Å². The Labute approximate surface area is 146 Å². The number of rotatable bonds is 5. The highest BCUT2D eigenvalue weighted by Gasteiger charge is 2.15. The molecule has 1 aliphatic rings. The van der Waals surface area contributed by atoms with Crippen LogP contribution >= 0.6 is 0 Å². The first-order valence-electron chi connectivity index (χ1n) is 8.42. The van der Waals surface area contributed by atoms with E-state index >= 15 is 0 Å². The number of aromatic nitrogens is 2. The third-order valence-corrected chi connectivity index (χ3v) is 4.10. The van der Waals surface area contributed by atoms with Gasteiger partial charge in [0.25, 0.3) is 0 Å². The van der Waals surface area contributed by atoms with Crippen LogP contribution in [0.4, 0.5) is 11.6 Å². The van der Waals surface area contributed by atoms with Crippen LogP contribution in [0, 0.1) is 0 Å². The molecule has 128 valence electrons. The molecule has 0 unspecified atom stereocenters. The van der Waals surface area contributed by atoms with Gasteiger partial charge in [0, 0.05) is 24.7 Å². The van der Waals surface area contributed by atoms with Gasteiger partial charge in [0.1, 0.15) is 17.4 Å². The number of hydrogen-bond acceptors (Lipinski definition) is 6. The van der Waals surface area contributed by atoms with Crippen molar-refractivity contribution in [2.24, 2.45) is 0 Å². The van der Waals surface area contributed by atoms with Gasteiger partial charge in [-0.1, -0.05) is 30.3 Å². The topological polar surface area (TPSA) is 63.4 Å². The first kappa shape index (κ1) is 15.7. The number of benzene rings is 1. The number of ether oxygens (including phenoxy) is 1. The summed E-state index contributed by atoms with van der Waals surface area (Å²) in [5.41, 5.74) is 0.999. The van der Waals surface area contributed by atoms with Crippen LogP contribution in [0.25, 0.3) is 11.4 Å². The van der Waals surface area contributed by atoms with Crippen molar-refractivity contribution in [3.63, 3.8) is 0 Å². The van der Waals surface area contributed by atoms with Crippen LogP contribution in [0.3, 0.4) is 0 Å². The number of nitrogens with zero attached hydrogens (tertiary/aromatic N) is 3. The largest absolute Gasteiger partial charge is 0.467 e. The Hall–Kier alpha value is -2.86. The molecule has 0 spiro atoms. The predicted molar refractivity (Wildman–Crippen MR) is 96.5 cm³/mol. The van der Waals surface area contributed by atoms with Gasteiger partial charge in [-0.2, -0.15) is 0 Å². The van der Waals surface area contributed by atoms with Crippen LogP contribution in [0.1, 0.15) is 5.76 Å². The number of furan rings is 1. The minimum Gasteiger partial charge on any atom is -0.467 e. The molecular formula is C19H20N4O2. The average molecular weight is 336 g/mol. The minimum absolute atomic E-state index is 0.584. The van der Waals surface area contributed by atoms with Crippen molar-refractivity contribution in [3.05, 3.63) is 60.6 Å². The summed E-state index contributed by atoms with van der Waals surface area (Å²) in [7, 11) is 0. The lowest BCUT2D eigenvalue weighted by Crippen LogP contribution is -2.36. The second-order valence-corrected chi connectivity index (χ2v) is 5.83. The number of nitrogens with one attached hydrogen (secondary N) is 1.